The van der Waals surface area contributed by atoms with Crippen molar-refractivity contribution in [1.82, 2.24) is 15.5 Å². The second-order valence-corrected chi connectivity index (χ2v) is 8.90. The predicted octanol–water partition coefficient (Wildman–Crippen LogP) is 2.45. The summed E-state index contributed by atoms with van der Waals surface area (Å²) in [6.07, 6.45) is -0.758. The van der Waals surface area contributed by atoms with Crippen LogP contribution in [0.15, 0.2) is 48.5 Å². The Labute approximate surface area is 203 Å². The van der Waals surface area contributed by atoms with Crippen LogP contribution >= 0.6 is 0 Å². The fraction of sp³-hybridized carbons (Fsp3) is 0.320. The van der Waals surface area contributed by atoms with Crippen LogP contribution in [0.2, 0.25) is 0 Å². The van der Waals surface area contributed by atoms with E-state index in [9.17, 15) is 24.0 Å². The smallest absolute Gasteiger partial charge is 0.408 e. The maximum atomic E-state index is 12.4. The summed E-state index contributed by atoms with van der Waals surface area (Å²) in [6.45, 7) is 4.96. The number of anilines is 1. The summed E-state index contributed by atoms with van der Waals surface area (Å²) >= 11 is 0. The molecular formula is C25H28N4O6. The molecule has 1 heterocycles. The Kier molecular flexibility index (Phi) is 7.85. The Balaban J connectivity index is 1.48. The Morgan fingerprint density at radius 2 is 1.46 bits per heavy atom. The molecule has 0 atom stereocenters. The Bertz CT molecular complexity index is 1120. The fourth-order valence-corrected chi connectivity index (χ4v) is 3.40. The van der Waals surface area contributed by atoms with E-state index in [2.05, 4.69) is 16.0 Å². The van der Waals surface area contributed by atoms with E-state index in [0.717, 1.165) is 4.90 Å². The molecule has 0 unspecified atom stereocenters. The molecule has 35 heavy (non-hydrogen) atoms. The van der Waals surface area contributed by atoms with Crippen molar-refractivity contribution in [2.75, 3.05) is 18.4 Å². The van der Waals surface area contributed by atoms with Crippen molar-refractivity contribution < 1.29 is 28.7 Å². The fourth-order valence-electron chi connectivity index (χ4n) is 3.40. The molecule has 10 nitrogen and oxygen atoms in total. The summed E-state index contributed by atoms with van der Waals surface area (Å²) < 4.78 is 5.10. The third-order valence-corrected chi connectivity index (χ3v) is 5.00. The molecule has 5 amide bonds. The largest absolute Gasteiger partial charge is 0.444 e. The van der Waals surface area contributed by atoms with E-state index in [0.29, 0.717) is 22.4 Å². The molecule has 10 heteroatoms. The minimum atomic E-state index is -0.703. The molecule has 0 bridgehead atoms. The van der Waals surface area contributed by atoms with Crippen molar-refractivity contribution in [2.45, 2.75) is 39.3 Å². The molecule has 0 spiro atoms. The minimum absolute atomic E-state index is 0.0348. The highest BCUT2D eigenvalue weighted by Gasteiger charge is 2.34. The van der Waals surface area contributed by atoms with Gasteiger partial charge in [0, 0.05) is 25.2 Å². The van der Waals surface area contributed by atoms with Crippen LogP contribution in [0.1, 0.15) is 53.5 Å². The van der Waals surface area contributed by atoms with Crippen LogP contribution in [-0.4, -0.2) is 53.3 Å². The van der Waals surface area contributed by atoms with E-state index in [1.165, 1.54) is 0 Å². The number of carbonyl (C=O) groups excluding carboxylic acids is 5. The molecular weight excluding hydrogens is 452 g/mol. The first-order valence-electron chi connectivity index (χ1n) is 11.1. The van der Waals surface area contributed by atoms with Crippen molar-refractivity contribution >= 4 is 35.4 Å². The molecule has 3 rings (SSSR count). The SMILES string of the molecule is CC(C)(C)OC(=O)NCC(=O)Nc1ccccc1CNC(=O)CCN1C(=O)c2ccccc2C1=O. The standard InChI is InChI=1S/C25H28N4O6/c1-25(2,3)35-24(34)27-15-21(31)28-19-11-7-4-8-16(19)14-26-20(30)12-13-29-22(32)17-9-5-6-10-18(17)23(29)33/h4-11H,12-15H2,1-3H3,(H,26,30)(H,27,34)(H,28,31). The van der Waals surface area contributed by atoms with Gasteiger partial charge >= 0.3 is 6.09 Å². The molecule has 0 aromatic heterocycles. The van der Waals surface area contributed by atoms with Crippen molar-refractivity contribution in [3.05, 3.63) is 65.2 Å². The van der Waals surface area contributed by atoms with Gasteiger partial charge in [-0.05, 0) is 44.5 Å². The van der Waals surface area contributed by atoms with Crippen LogP contribution < -0.4 is 16.0 Å². The molecule has 0 aliphatic carbocycles. The van der Waals surface area contributed by atoms with Gasteiger partial charge in [0.05, 0.1) is 11.1 Å². The van der Waals surface area contributed by atoms with E-state index in [1.807, 2.05) is 0 Å². The molecule has 184 valence electrons. The third-order valence-electron chi connectivity index (χ3n) is 5.00. The maximum Gasteiger partial charge on any atom is 0.408 e. The number of hydrogen-bond donors (Lipinski definition) is 3. The normalized spacial score (nSPS) is 12.7. The number of fused-ring (bicyclic) bond motifs is 1. The minimum Gasteiger partial charge on any atom is -0.444 e. The number of imide groups is 1. The lowest BCUT2D eigenvalue weighted by atomic mass is 10.1. The molecule has 3 N–H and O–H groups in total. The molecule has 1 aliphatic heterocycles. The van der Waals surface area contributed by atoms with Gasteiger partial charge < -0.3 is 20.7 Å². The Hall–Kier alpha value is -4.21. The van der Waals surface area contributed by atoms with E-state index in [4.69, 9.17) is 4.74 Å². The summed E-state index contributed by atoms with van der Waals surface area (Å²) in [5.41, 5.74) is 1.12. The average Bonchev–Trinajstić information content (AvgIpc) is 3.04. The van der Waals surface area contributed by atoms with Gasteiger partial charge in [0.2, 0.25) is 11.8 Å². The Morgan fingerprint density at radius 3 is 2.09 bits per heavy atom. The molecule has 0 fully saturated rings. The van der Waals surface area contributed by atoms with Crippen LogP contribution in [0, 0.1) is 0 Å². The highest BCUT2D eigenvalue weighted by atomic mass is 16.6. The second kappa shape index (κ2) is 10.8. The zero-order valence-electron chi connectivity index (χ0n) is 19.8. The van der Waals surface area contributed by atoms with E-state index >= 15 is 0 Å². The number of nitrogens with one attached hydrogen (secondary N) is 3. The monoisotopic (exact) mass is 480 g/mol. The van der Waals surface area contributed by atoms with Gasteiger partial charge in [-0.15, -0.1) is 0 Å². The van der Waals surface area contributed by atoms with Gasteiger partial charge in [0.15, 0.2) is 0 Å². The van der Waals surface area contributed by atoms with Gasteiger partial charge in [0.25, 0.3) is 11.8 Å². The molecule has 1 aliphatic rings. The molecule has 0 saturated carbocycles. The van der Waals surface area contributed by atoms with Crippen molar-refractivity contribution in [3.63, 3.8) is 0 Å². The third kappa shape index (κ3) is 6.89. The highest BCUT2D eigenvalue weighted by Crippen LogP contribution is 2.22. The number of alkyl carbamates (subject to hydrolysis) is 1. The summed E-state index contributed by atoms with van der Waals surface area (Å²) in [5, 5.41) is 7.81. The molecule has 2 aromatic rings. The van der Waals surface area contributed by atoms with Gasteiger partial charge in [-0.2, -0.15) is 0 Å². The van der Waals surface area contributed by atoms with E-state index in [-0.39, 0.29) is 32.0 Å². The number of carbonyl (C=O) groups is 5. The van der Waals surface area contributed by atoms with Crippen LogP contribution in [0.4, 0.5) is 10.5 Å². The Morgan fingerprint density at radius 1 is 0.857 bits per heavy atom. The average molecular weight is 481 g/mol. The number of hydrogen-bond acceptors (Lipinski definition) is 6. The first kappa shape index (κ1) is 25.4. The van der Waals surface area contributed by atoms with Crippen molar-refractivity contribution in [1.29, 1.82) is 0 Å². The number of nitrogens with zero attached hydrogens (tertiary/aromatic N) is 1. The zero-order valence-corrected chi connectivity index (χ0v) is 19.8. The topological polar surface area (TPSA) is 134 Å². The van der Waals surface area contributed by atoms with Crippen molar-refractivity contribution in [3.8, 4) is 0 Å². The predicted molar refractivity (Wildman–Crippen MR) is 128 cm³/mol. The molecule has 2 aromatic carbocycles. The lowest BCUT2D eigenvalue weighted by Crippen LogP contribution is -2.37. The van der Waals surface area contributed by atoms with Gasteiger partial charge in [-0.1, -0.05) is 30.3 Å². The number of amides is 5. The van der Waals surface area contributed by atoms with Gasteiger partial charge in [-0.25, -0.2) is 4.79 Å². The number of benzene rings is 2. The lowest BCUT2D eigenvalue weighted by Gasteiger charge is -2.19. The molecule has 0 radical (unpaired) electrons. The van der Waals surface area contributed by atoms with Crippen LogP contribution in [0.5, 0.6) is 0 Å². The summed E-state index contributed by atoms with van der Waals surface area (Å²) in [5.74, 6) is -1.63. The van der Waals surface area contributed by atoms with Crippen LogP contribution in [-0.2, 0) is 20.9 Å². The maximum absolute atomic E-state index is 12.4. The zero-order chi connectivity index (χ0) is 25.6. The van der Waals surface area contributed by atoms with Crippen LogP contribution in [0.3, 0.4) is 0 Å². The van der Waals surface area contributed by atoms with Crippen LogP contribution in [0.25, 0.3) is 0 Å². The summed E-state index contributed by atoms with van der Waals surface area (Å²) in [6, 6.07) is 13.4. The van der Waals surface area contributed by atoms with Gasteiger partial charge in [0.1, 0.15) is 12.1 Å². The number of rotatable bonds is 8. The highest BCUT2D eigenvalue weighted by molar-refractivity contribution is 6.21. The summed E-state index contributed by atoms with van der Waals surface area (Å²) in [7, 11) is 0. The quantitative estimate of drug-likeness (QED) is 0.497. The van der Waals surface area contributed by atoms with E-state index in [1.54, 1.807) is 69.3 Å². The van der Waals surface area contributed by atoms with Gasteiger partial charge in [-0.3, -0.25) is 24.1 Å². The van der Waals surface area contributed by atoms with Crippen molar-refractivity contribution in [2.24, 2.45) is 0 Å². The molecule has 0 saturated heterocycles. The lowest BCUT2D eigenvalue weighted by molar-refractivity contribution is -0.121. The second-order valence-electron chi connectivity index (χ2n) is 8.90. The first-order chi connectivity index (χ1) is 16.5. The number of ether oxygens (including phenoxy) is 1. The number of para-hydroxylation sites is 1. The van der Waals surface area contributed by atoms with E-state index < -0.39 is 29.4 Å². The summed E-state index contributed by atoms with van der Waals surface area (Å²) in [4.78, 5) is 62.2. The first-order valence-corrected chi connectivity index (χ1v) is 11.1.